The number of sulfonamides is 1. The molecular formula is C22H28FN3O3S. The van der Waals surface area contributed by atoms with Crippen molar-refractivity contribution in [1.29, 1.82) is 0 Å². The Bertz CT molecular complexity index is 985. The molecule has 0 bridgehead atoms. The van der Waals surface area contributed by atoms with Crippen LogP contribution < -0.4 is 5.32 Å². The van der Waals surface area contributed by atoms with Gasteiger partial charge in [0.05, 0.1) is 10.9 Å². The monoisotopic (exact) mass is 433 g/mol. The fourth-order valence-electron chi connectivity index (χ4n) is 3.50. The molecule has 1 atom stereocenters. The molecule has 0 aromatic heterocycles. The summed E-state index contributed by atoms with van der Waals surface area (Å²) >= 11 is 0. The molecule has 1 fully saturated rings. The Morgan fingerprint density at radius 1 is 1.03 bits per heavy atom. The summed E-state index contributed by atoms with van der Waals surface area (Å²) in [5.41, 5.74) is 1.07. The highest BCUT2D eigenvalue weighted by molar-refractivity contribution is 7.89. The van der Waals surface area contributed by atoms with Gasteiger partial charge in [0, 0.05) is 31.7 Å². The van der Waals surface area contributed by atoms with Gasteiger partial charge >= 0.3 is 0 Å². The zero-order valence-electron chi connectivity index (χ0n) is 17.5. The third-order valence-electron chi connectivity index (χ3n) is 5.38. The van der Waals surface area contributed by atoms with Crippen LogP contribution in [0.4, 0.5) is 4.39 Å². The van der Waals surface area contributed by atoms with Crippen molar-refractivity contribution in [2.24, 2.45) is 5.92 Å². The van der Waals surface area contributed by atoms with Crippen LogP contribution in [0.5, 0.6) is 0 Å². The van der Waals surface area contributed by atoms with Crippen molar-refractivity contribution in [2.75, 3.05) is 33.2 Å². The zero-order valence-corrected chi connectivity index (χ0v) is 18.3. The second-order valence-corrected chi connectivity index (χ2v) is 9.92. The number of nitrogens with one attached hydrogen (secondary N) is 1. The van der Waals surface area contributed by atoms with Crippen molar-refractivity contribution < 1.29 is 17.6 Å². The minimum Gasteiger partial charge on any atom is -0.345 e. The average molecular weight is 434 g/mol. The van der Waals surface area contributed by atoms with Crippen molar-refractivity contribution in [3.8, 4) is 0 Å². The lowest BCUT2D eigenvalue weighted by Gasteiger charge is -2.31. The molecule has 1 heterocycles. The number of rotatable bonds is 6. The number of benzene rings is 2. The summed E-state index contributed by atoms with van der Waals surface area (Å²) in [4.78, 5) is 15.1. The number of amides is 1. The Kier molecular flexibility index (Phi) is 6.90. The van der Waals surface area contributed by atoms with Gasteiger partial charge in [-0.3, -0.25) is 4.79 Å². The first-order chi connectivity index (χ1) is 14.2. The largest absolute Gasteiger partial charge is 0.345 e. The molecule has 30 heavy (non-hydrogen) atoms. The second-order valence-electron chi connectivity index (χ2n) is 7.98. The topological polar surface area (TPSA) is 69.7 Å². The van der Waals surface area contributed by atoms with Crippen molar-refractivity contribution in [3.63, 3.8) is 0 Å². The number of halogens is 1. The van der Waals surface area contributed by atoms with E-state index < -0.39 is 10.0 Å². The Labute approximate surface area is 177 Å². The van der Waals surface area contributed by atoms with Crippen molar-refractivity contribution in [3.05, 3.63) is 65.5 Å². The van der Waals surface area contributed by atoms with Gasteiger partial charge < -0.3 is 10.2 Å². The normalized spacial score (nSPS) is 17.1. The van der Waals surface area contributed by atoms with Crippen LogP contribution in [-0.4, -0.2) is 56.8 Å². The predicted molar refractivity (Wildman–Crippen MR) is 114 cm³/mol. The van der Waals surface area contributed by atoms with E-state index >= 15 is 0 Å². The lowest BCUT2D eigenvalue weighted by molar-refractivity contribution is 0.0925. The fourth-order valence-corrected chi connectivity index (χ4v) is 4.97. The maximum Gasteiger partial charge on any atom is 0.251 e. The standard InChI is InChI=1S/C22H28FN3O3S/c1-16(2)21(17-7-9-19(23)10-8-17)24-22(27)18-5-4-6-20(15-18)30(28,29)26-13-11-25(3)12-14-26/h4-10,15-16,21H,11-14H2,1-3H3,(H,24,27)/t21-/m1/s1. The van der Waals surface area contributed by atoms with Gasteiger partial charge in [-0.05, 0) is 48.9 Å². The van der Waals surface area contributed by atoms with Crippen LogP contribution >= 0.6 is 0 Å². The summed E-state index contributed by atoms with van der Waals surface area (Å²) in [6, 6.07) is 11.8. The Hall–Kier alpha value is -2.29. The molecule has 0 aliphatic carbocycles. The van der Waals surface area contributed by atoms with E-state index in [1.54, 1.807) is 24.3 Å². The van der Waals surface area contributed by atoms with Crippen LogP contribution in [0.15, 0.2) is 53.4 Å². The second kappa shape index (κ2) is 9.24. The third-order valence-corrected chi connectivity index (χ3v) is 7.27. The summed E-state index contributed by atoms with van der Waals surface area (Å²) in [5, 5.41) is 2.96. The van der Waals surface area contributed by atoms with Crippen LogP contribution in [0.3, 0.4) is 0 Å². The number of hydrogen-bond acceptors (Lipinski definition) is 4. The van der Waals surface area contributed by atoms with E-state index in [1.807, 2.05) is 20.9 Å². The van der Waals surface area contributed by atoms with Gasteiger partial charge in [-0.25, -0.2) is 12.8 Å². The summed E-state index contributed by atoms with van der Waals surface area (Å²) < 4.78 is 40.7. The zero-order chi connectivity index (χ0) is 21.9. The van der Waals surface area contributed by atoms with Crippen LogP contribution in [-0.2, 0) is 10.0 Å². The molecule has 1 aliphatic rings. The first-order valence-corrected chi connectivity index (χ1v) is 11.5. The number of carbonyl (C=O) groups excluding carboxylic acids is 1. The number of piperazine rings is 1. The molecule has 3 rings (SSSR count). The SMILES string of the molecule is CC(C)[C@@H](NC(=O)c1cccc(S(=O)(=O)N2CCN(C)CC2)c1)c1ccc(F)cc1. The molecule has 1 N–H and O–H groups in total. The van der Waals surface area contributed by atoms with E-state index in [0.717, 1.165) is 5.56 Å². The van der Waals surface area contributed by atoms with Crippen LogP contribution in [0.2, 0.25) is 0 Å². The Morgan fingerprint density at radius 2 is 1.67 bits per heavy atom. The maximum absolute atomic E-state index is 13.3. The van der Waals surface area contributed by atoms with E-state index in [2.05, 4.69) is 10.2 Å². The molecule has 0 unspecified atom stereocenters. The van der Waals surface area contributed by atoms with Crippen LogP contribution in [0.25, 0.3) is 0 Å². The summed E-state index contributed by atoms with van der Waals surface area (Å²) in [6.07, 6.45) is 0. The lowest BCUT2D eigenvalue weighted by atomic mass is 9.95. The lowest BCUT2D eigenvalue weighted by Crippen LogP contribution is -2.47. The summed E-state index contributed by atoms with van der Waals surface area (Å²) in [7, 11) is -1.70. The highest BCUT2D eigenvalue weighted by Gasteiger charge is 2.28. The van der Waals surface area contributed by atoms with Crippen LogP contribution in [0.1, 0.15) is 35.8 Å². The van der Waals surface area contributed by atoms with Crippen molar-refractivity contribution >= 4 is 15.9 Å². The molecule has 2 aromatic carbocycles. The number of hydrogen-bond donors (Lipinski definition) is 1. The highest BCUT2D eigenvalue weighted by Crippen LogP contribution is 2.24. The molecule has 1 saturated heterocycles. The molecule has 0 radical (unpaired) electrons. The molecule has 8 heteroatoms. The van der Waals surface area contributed by atoms with E-state index in [0.29, 0.717) is 26.2 Å². The minimum absolute atomic E-state index is 0.0664. The van der Waals surface area contributed by atoms with Crippen molar-refractivity contribution in [1.82, 2.24) is 14.5 Å². The number of nitrogens with zero attached hydrogens (tertiary/aromatic N) is 2. The smallest absolute Gasteiger partial charge is 0.251 e. The quantitative estimate of drug-likeness (QED) is 0.761. The highest BCUT2D eigenvalue weighted by atomic mass is 32.2. The molecule has 0 spiro atoms. The van der Waals surface area contributed by atoms with Gasteiger partial charge in [0.1, 0.15) is 5.82 Å². The molecule has 6 nitrogen and oxygen atoms in total. The first-order valence-electron chi connectivity index (χ1n) is 10.0. The Balaban J connectivity index is 1.80. The van der Waals surface area contributed by atoms with Gasteiger partial charge in [-0.2, -0.15) is 4.31 Å². The molecule has 1 aliphatic heterocycles. The summed E-state index contributed by atoms with van der Waals surface area (Å²) in [6.45, 7) is 6.12. The predicted octanol–water partition coefficient (Wildman–Crippen LogP) is 2.89. The van der Waals surface area contributed by atoms with Crippen molar-refractivity contribution in [2.45, 2.75) is 24.8 Å². The first kappa shape index (κ1) is 22.4. The van der Waals surface area contributed by atoms with Gasteiger partial charge in [0.2, 0.25) is 10.0 Å². The van der Waals surface area contributed by atoms with Gasteiger partial charge in [0.25, 0.3) is 5.91 Å². The molecule has 1 amide bonds. The Morgan fingerprint density at radius 3 is 2.27 bits per heavy atom. The fraction of sp³-hybridized carbons (Fsp3) is 0.409. The van der Waals surface area contributed by atoms with E-state index in [9.17, 15) is 17.6 Å². The third kappa shape index (κ3) is 5.06. The molecule has 2 aromatic rings. The molecular weight excluding hydrogens is 405 g/mol. The van der Waals surface area contributed by atoms with Gasteiger partial charge in [-0.1, -0.05) is 32.0 Å². The maximum atomic E-state index is 13.3. The van der Waals surface area contributed by atoms with E-state index in [4.69, 9.17) is 0 Å². The molecule has 162 valence electrons. The summed E-state index contributed by atoms with van der Waals surface area (Å²) in [5.74, 6) is -0.639. The molecule has 0 saturated carbocycles. The van der Waals surface area contributed by atoms with Gasteiger partial charge in [0.15, 0.2) is 0 Å². The average Bonchev–Trinajstić information content (AvgIpc) is 2.73. The number of carbonyl (C=O) groups is 1. The van der Waals surface area contributed by atoms with E-state index in [1.165, 1.54) is 28.6 Å². The number of likely N-dealkylation sites (N-methyl/N-ethyl adjacent to an activating group) is 1. The van der Waals surface area contributed by atoms with E-state index in [-0.39, 0.29) is 34.1 Å². The van der Waals surface area contributed by atoms with Crippen LogP contribution in [0, 0.1) is 11.7 Å². The van der Waals surface area contributed by atoms with Gasteiger partial charge in [-0.15, -0.1) is 0 Å². The minimum atomic E-state index is -3.66.